The summed E-state index contributed by atoms with van der Waals surface area (Å²) in [7, 11) is 0. The molecule has 0 bridgehead atoms. The average molecular weight is 191 g/mol. The van der Waals surface area contributed by atoms with Crippen LogP contribution in [0.1, 0.15) is 5.56 Å². The Morgan fingerprint density at radius 2 is 2.36 bits per heavy atom. The van der Waals surface area contributed by atoms with Crippen LogP contribution in [-0.2, 0) is 0 Å². The van der Waals surface area contributed by atoms with E-state index in [0.717, 1.165) is 5.56 Å². The third kappa shape index (κ3) is 2.23. The van der Waals surface area contributed by atoms with Gasteiger partial charge in [-0.25, -0.2) is 0 Å². The van der Waals surface area contributed by atoms with Gasteiger partial charge in [0.2, 0.25) is 0 Å². The third-order valence-corrected chi connectivity index (χ3v) is 1.62. The van der Waals surface area contributed by atoms with Crippen LogP contribution in [-0.4, -0.2) is 11.5 Å². The molecular weight excluding hydrogens is 182 g/mol. The fourth-order valence-electron chi connectivity index (χ4n) is 1.01. The molecule has 14 heavy (non-hydrogen) atoms. The number of ether oxygens (including phenoxy) is 1. The SMILES string of the molecule is C#CCOc1ccc(C)cc1[N+](=O)[O-]. The molecule has 0 saturated carbocycles. The van der Waals surface area contributed by atoms with Gasteiger partial charge in [-0.2, -0.15) is 0 Å². The van der Waals surface area contributed by atoms with Crippen molar-refractivity contribution in [3.63, 3.8) is 0 Å². The second-order valence-corrected chi connectivity index (χ2v) is 2.72. The van der Waals surface area contributed by atoms with E-state index in [1.165, 1.54) is 6.07 Å². The number of aryl methyl sites for hydroxylation is 1. The molecule has 0 saturated heterocycles. The Bertz CT molecular complexity index is 393. The minimum atomic E-state index is -0.487. The molecule has 0 fully saturated rings. The van der Waals surface area contributed by atoms with Crippen molar-refractivity contribution in [3.05, 3.63) is 33.9 Å². The van der Waals surface area contributed by atoms with Crippen molar-refractivity contribution < 1.29 is 9.66 Å². The fraction of sp³-hybridized carbons (Fsp3) is 0.200. The zero-order chi connectivity index (χ0) is 10.6. The maximum Gasteiger partial charge on any atom is 0.311 e. The smallest absolute Gasteiger partial charge is 0.311 e. The Kier molecular flexibility index (Phi) is 3.08. The Labute approximate surface area is 81.7 Å². The van der Waals surface area contributed by atoms with Gasteiger partial charge in [0, 0.05) is 6.07 Å². The Hall–Kier alpha value is -2.02. The number of nitro groups is 1. The highest BCUT2D eigenvalue weighted by atomic mass is 16.6. The average Bonchev–Trinajstić information content (AvgIpc) is 2.15. The highest BCUT2D eigenvalue weighted by molar-refractivity contribution is 5.48. The summed E-state index contributed by atoms with van der Waals surface area (Å²) in [4.78, 5) is 10.1. The molecular formula is C10H9NO3. The van der Waals surface area contributed by atoms with Gasteiger partial charge >= 0.3 is 5.69 Å². The van der Waals surface area contributed by atoms with Gasteiger partial charge in [-0.3, -0.25) is 10.1 Å². The normalized spacial score (nSPS) is 9.14. The topological polar surface area (TPSA) is 52.4 Å². The van der Waals surface area contributed by atoms with Crippen LogP contribution >= 0.6 is 0 Å². The van der Waals surface area contributed by atoms with E-state index in [1.54, 1.807) is 19.1 Å². The number of hydrogen-bond acceptors (Lipinski definition) is 3. The summed E-state index contributed by atoms with van der Waals surface area (Å²) < 4.78 is 5.02. The summed E-state index contributed by atoms with van der Waals surface area (Å²) in [6, 6.07) is 4.73. The first-order valence-corrected chi connectivity index (χ1v) is 3.96. The predicted octanol–water partition coefficient (Wildman–Crippen LogP) is 1.92. The summed E-state index contributed by atoms with van der Waals surface area (Å²) in [6.07, 6.45) is 4.99. The predicted molar refractivity (Wildman–Crippen MR) is 52.2 cm³/mol. The van der Waals surface area contributed by atoms with Crippen molar-refractivity contribution in [2.24, 2.45) is 0 Å². The van der Waals surface area contributed by atoms with Crippen LogP contribution in [0.15, 0.2) is 18.2 Å². The second kappa shape index (κ2) is 4.28. The van der Waals surface area contributed by atoms with Crippen LogP contribution < -0.4 is 4.74 Å². The van der Waals surface area contributed by atoms with Crippen LogP contribution in [0.5, 0.6) is 5.75 Å². The van der Waals surface area contributed by atoms with Crippen molar-refractivity contribution in [1.29, 1.82) is 0 Å². The quantitative estimate of drug-likeness (QED) is 0.416. The molecule has 0 atom stereocenters. The van der Waals surface area contributed by atoms with E-state index in [4.69, 9.17) is 11.2 Å². The van der Waals surface area contributed by atoms with Gasteiger partial charge < -0.3 is 4.74 Å². The molecule has 0 aromatic heterocycles. The fourth-order valence-corrected chi connectivity index (χ4v) is 1.01. The lowest BCUT2D eigenvalue weighted by atomic mass is 10.2. The molecule has 0 amide bonds. The van der Waals surface area contributed by atoms with Crippen molar-refractivity contribution in [1.82, 2.24) is 0 Å². The number of hydrogen-bond donors (Lipinski definition) is 0. The standard InChI is InChI=1S/C10H9NO3/c1-3-6-14-10-5-4-8(2)7-9(10)11(12)13/h1,4-5,7H,6H2,2H3. The molecule has 1 rings (SSSR count). The molecule has 0 radical (unpaired) electrons. The lowest BCUT2D eigenvalue weighted by molar-refractivity contribution is -0.385. The summed E-state index contributed by atoms with van der Waals surface area (Å²) in [5.74, 6) is 2.46. The molecule has 4 heteroatoms. The number of terminal acetylenes is 1. The molecule has 1 aromatic rings. The van der Waals surface area contributed by atoms with Crippen LogP contribution in [0.25, 0.3) is 0 Å². The summed E-state index contributed by atoms with van der Waals surface area (Å²) >= 11 is 0. The van der Waals surface area contributed by atoms with Gasteiger partial charge in [-0.15, -0.1) is 6.42 Å². The van der Waals surface area contributed by atoms with E-state index in [1.807, 2.05) is 0 Å². The second-order valence-electron chi connectivity index (χ2n) is 2.72. The van der Waals surface area contributed by atoms with Crippen molar-refractivity contribution in [3.8, 4) is 18.1 Å². The van der Waals surface area contributed by atoms with Crippen LogP contribution in [0.2, 0.25) is 0 Å². The third-order valence-electron chi connectivity index (χ3n) is 1.62. The van der Waals surface area contributed by atoms with Gasteiger partial charge in [0.05, 0.1) is 4.92 Å². The molecule has 0 aliphatic carbocycles. The van der Waals surface area contributed by atoms with Crippen LogP contribution in [0, 0.1) is 29.4 Å². The van der Waals surface area contributed by atoms with E-state index in [0.29, 0.717) is 0 Å². The number of benzene rings is 1. The summed E-state index contributed by atoms with van der Waals surface area (Å²) in [6.45, 7) is 1.81. The molecule has 0 N–H and O–H groups in total. The largest absolute Gasteiger partial charge is 0.474 e. The van der Waals surface area contributed by atoms with E-state index in [2.05, 4.69) is 5.92 Å². The minimum absolute atomic E-state index is 0.0316. The Balaban J connectivity index is 3.03. The van der Waals surface area contributed by atoms with Crippen molar-refractivity contribution in [2.45, 2.75) is 6.92 Å². The van der Waals surface area contributed by atoms with E-state index in [9.17, 15) is 10.1 Å². The molecule has 4 nitrogen and oxygen atoms in total. The molecule has 1 aromatic carbocycles. The van der Waals surface area contributed by atoms with E-state index in [-0.39, 0.29) is 18.0 Å². The van der Waals surface area contributed by atoms with Crippen molar-refractivity contribution in [2.75, 3.05) is 6.61 Å². The first kappa shape index (κ1) is 10.1. The van der Waals surface area contributed by atoms with Gasteiger partial charge in [-0.05, 0) is 18.6 Å². The monoisotopic (exact) mass is 191 g/mol. The van der Waals surface area contributed by atoms with Gasteiger partial charge in [0.15, 0.2) is 5.75 Å². The highest BCUT2D eigenvalue weighted by Crippen LogP contribution is 2.27. The summed E-state index contributed by atoms with van der Waals surface area (Å²) in [5.41, 5.74) is 0.755. The molecule has 0 aliphatic rings. The first-order chi connectivity index (χ1) is 6.65. The van der Waals surface area contributed by atoms with Crippen molar-refractivity contribution >= 4 is 5.69 Å². The van der Waals surface area contributed by atoms with Crippen LogP contribution in [0.4, 0.5) is 5.69 Å². The maximum absolute atomic E-state index is 10.6. The highest BCUT2D eigenvalue weighted by Gasteiger charge is 2.14. The number of rotatable bonds is 3. The maximum atomic E-state index is 10.6. The van der Waals surface area contributed by atoms with Gasteiger partial charge in [-0.1, -0.05) is 12.0 Å². The Morgan fingerprint density at radius 3 is 2.93 bits per heavy atom. The van der Waals surface area contributed by atoms with Gasteiger partial charge in [0.25, 0.3) is 0 Å². The molecule has 0 unspecified atom stereocenters. The molecule has 0 spiro atoms. The zero-order valence-electron chi connectivity index (χ0n) is 7.69. The Morgan fingerprint density at radius 1 is 1.64 bits per heavy atom. The zero-order valence-corrected chi connectivity index (χ0v) is 7.69. The minimum Gasteiger partial charge on any atom is -0.474 e. The van der Waals surface area contributed by atoms with E-state index < -0.39 is 4.92 Å². The number of nitrogens with zero attached hydrogens (tertiary/aromatic N) is 1. The molecule has 0 aliphatic heterocycles. The van der Waals surface area contributed by atoms with Crippen LogP contribution in [0.3, 0.4) is 0 Å². The lowest BCUT2D eigenvalue weighted by Crippen LogP contribution is -1.98. The molecule has 0 heterocycles. The number of nitro benzene ring substituents is 1. The van der Waals surface area contributed by atoms with Gasteiger partial charge in [0.1, 0.15) is 6.61 Å². The summed E-state index contributed by atoms with van der Waals surface area (Å²) in [5, 5.41) is 10.6. The first-order valence-electron chi connectivity index (χ1n) is 3.96. The lowest BCUT2D eigenvalue weighted by Gasteiger charge is -2.03. The molecule has 72 valence electrons. The van der Waals surface area contributed by atoms with E-state index >= 15 is 0 Å².